The van der Waals surface area contributed by atoms with Crippen LogP contribution in [0.15, 0.2) is 0 Å². The highest BCUT2D eigenvalue weighted by molar-refractivity contribution is 5.02. The second-order valence-electron chi connectivity index (χ2n) is 7.08. The third-order valence-corrected chi connectivity index (χ3v) is 5.87. The molecule has 0 amide bonds. The van der Waals surface area contributed by atoms with E-state index in [1.807, 2.05) is 0 Å². The Hall–Kier alpha value is -0.0800. The van der Waals surface area contributed by atoms with Crippen molar-refractivity contribution in [3.05, 3.63) is 0 Å². The first kappa shape index (κ1) is 15.3. The van der Waals surface area contributed by atoms with Gasteiger partial charge in [0.05, 0.1) is 0 Å². The molecular formula is C17H34N2. The minimum Gasteiger partial charge on any atom is -0.315 e. The molecule has 0 radical (unpaired) electrons. The molecule has 2 aliphatic rings. The molecule has 0 spiro atoms. The van der Waals surface area contributed by atoms with Crippen molar-refractivity contribution in [3.63, 3.8) is 0 Å². The van der Waals surface area contributed by atoms with Gasteiger partial charge in [0, 0.05) is 11.6 Å². The minimum absolute atomic E-state index is 0.410. The summed E-state index contributed by atoms with van der Waals surface area (Å²) in [5.74, 6) is 0.902. The molecule has 0 bridgehead atoms. The maximum Gasteiger partial charge on any atom is 0.0359 e. The third kappa shape index (κ3) is 3.33. The summed E-state index contributed by atoms with van der Waals surface area (Å²) in [6.45, 7) is 0. The van der Waals surface area contributed by atoms with Crippen LogP contribution < -0.4 is 5.32 Å². The van der Waals surface area contributed by atoms with E-state index < -0.39 is 0 Å². The van der Waals surface area contributed by atoms with Gasteiger partial charge in [-0.05, 0) is 52.7 Å². The molecule has 112 valence electrons. The lowest BCUT2D eigenvalue weighted by molar-refractivity contribution is 0.0458. The summed E-state index contributed by atoms with van der Waals surface area (Å²) >= 11 is 0. The molecule has 0 heterocycles. The Morgan fingerprint density at radius 1 is 0.895 bits per heavy atom. The average Bonchev–Trinajstić information content (AvgIpc) is 2.68. The lowest BCUT2D eigenvalue weighted by Crippen LogP contribution is -2.61. The number of hydrogen-bond donors (Lipinski definition) is 1. The minimum atomic E-state index is 0.410. The van der Waals surface area contributed by atoms with E-state index in [0.717, 1.165) is 5.92 Å². The van der Waals surface area contributed by atoms with Crippen molar-refractivity contribution in [1.82, 2.24) is 10.2 Å². The number of rotatable bonds is 4. The van der Waals surface area contributed by atoms with Gasteiger partial charge in [-0.25, -0.2) is 0 Å². The quantitative estimate of drug-likeness (QED) is 0.778. The first-order valence-corrected chi connectivity index (χ1v) is 8.55. The molecule has 2 aliphatic carbocycles. The molecule has 0 aromatic carbocycles. The predicted octanol–water partition coefficient (Wildman–Crippen LogP) is 3.81. The molecule has 2 fully saturated rings. The smallest absolute Gasteiger partial charge is 0.0359 e. The van der Waals surface area contributed by atoms with Crippen LogP contribution >= 0.6 is 0 Å². The molecule has 2 heteroatoms. The lowest BCUT2D eigenvalue weighted by atomic mass is 9.71. The van der Waals surface area contributed by atoms with Crippen LogP contribution in [0.2, 0.25) is 0 Å². The van der Waals surface area contributed by atoms with E-state index in [0.29, 0.717) is 11.6 Å². The van der Waals surface area contributed by atoms with Crippen LogP contribution in [0.5, 0.6) is 0 Å². The first-order valence-electron chi connectivity index (χ1n) is 8.55. The number of nitrogens with zero attached hydrogens (tertiary/aromatic N) is 1. The standard InChI is InChI=1S/C17H34N2/c1-18-16(15-11-7-6-8-12-15)17(19(2)3)13-9-4-5-10-14-17/h15-16,18H,4-14H2,1-3H3. The Balaban J connectivity index is 2.18. The molecule has 0 aromatic rings. The van der Waals surface area contributed by atoms with Crippen LogP contribution in [-0.4, -0.2) is 37.6 Å². The van der Waals surface area contributed by atoms with E-state index in [1.54, 1.807) is 0 Å². The highest BCUT2D eigenvalue weighted by atomic mass is 15.2. The fourth-order valence-electron chi connectivity index (χ4n) is 4.79. The SMILES string of the molecule is CNC(C1CCCCC1)C1(N(C)C)CCCCCC1. The maximum atomic E-state index is 3.75. The van der Waals surface area contributed by atoms with Crippen molar-refractivity contribution >= 4 is 0 Å². The highest BCUT2D eigenvalue weighted by Crippen LogP contribution is 2.40. The summed E-state index contributed by atoms with van der Waals surface area (Å²) in [5, 5.41) is 3.75. The van der Waals surface area contributed by atoms with Gasteiger partial charge in [0.15, 0.2) is 0 Å². The van der Waals surface area contributed by atoms with E-state index in [9.17, 15) is 0 Å². The third-order valence-electron chi connectivity index (χ3n) is 5.87. The van der Waals surface area contributed by atoms with Gasteiger partial charge in [0.25, 0.3) is 0 Å². The summed E-state index contributed by atoms with van der Waals surface area (Å²) in [7, 11) is 6.84. The summed E-state index contributed by atoms with van der Waals surface area (Å²) in [5.41, 5.74) is 0.410. The van der Waals surface area contributed by atoms with E-state index in [1.165, 1.54) is 70.6 Å². The number of likely N-dealkylation sites (N-methyl/N-ethyl adjacent to an activating group) is 2. The van der Waals surface area contributed by atoms with Crippen LogP contribution in [-0.2, 0) is 0 Å². The van der Waals surface area contributed by atoms with Crippen LogP contribution in [0.4, 0.5) is 0 Å². The van der Waals surface area contributed by atoms with Crippen molar-refractivity contribution in [2.45, 2.75) is 82.2 Å². The zero-order chi connectivity index (χ0) is 13.7. The van der Waals surface area contributed by atoms with Gasteiger partial charge in [-0.2, -0.15) is 0 Å². The van der Waals surface area contributed by atoms with Gasteiger partial charge >= 0.3 is 0 Å². The Labute approximate surface area is 120 Å². The second kappa shape index (κ2) is 7.08. The van der Waals surface area contributed by atoms with Crippen LogP contribution in [0.3, 0.4) is 0 Å². The highest BCUT2D eigenvalue weighted by Gasteiger charge is 2.43. The fourth-order valence-corrected chi connectivity index (χ4v) is 4.79. The molecule has 1 atom stereocenters. The van der Waals surface area contributed by atoms with Gasteiger partial charge < -0.3 is 10.2 Å². The van der Waals surface area contributed by atoms with Gasteiger partial charge in [0.2, 0.25) is 0 Å². The fraction of sp³-hybridized carbons (Fsp3) is 1.00. The van der Waals surface area contributed by atoms with E-state index >= 15 is 0 Å². The Morgan fingerprint density at radius 3 is 1.89 bits per heavy atom. The number of nitrogens with one attached hydrogen (secondary N) is 1. The summed E-state index contributed by atoms with van der Waals surface area (Å²) < 4.78 is 0. The average molecular weight is 266 g/mol. The summed E-state index contributed by atoms with van der Waals surface area (Å²) in [6.07, 6.45) is 15.8. The van der Waals surface area contributed by atoms with Crippen molar-refractivity contribution in [2.24, 2.45) is 5.92 Å². The van der Waals surface area contributed by atoms with Crippen LogP contribution in [0, 0.1) is 5.92 Å². The Bertz CT molecular complexity index is 248. The van der Waals surface area contributed by atoms with Gasteiger partial charge in [-0.15, -0.1) is 0 Å². The zero-order valence-corrected chi connectivity index (χ0v) is 13.4. The van der Waals surface area contributed by atoms with Crippen molar-refractivity contribution in [2.75, 3.05) is 21.1 Å². The van der Waals surface area contributed by atoms with Crippen LogP contribution in [0.25, 0.3) is 0 Å². The molecule has 2 rings (SSSR count). The molecule has 2 nitrogen and oxygen atoms in total. The first-order chi connectivity index (χ1) is 9.20. The van der Waals surface area contributed by atoms with E-state index in [-0.39, 0.29) is 0 Å². The van der Waals surface area contributed by atoms with Gasteiger partial charge in [-0.1, -0.05) is 44.9 Å². The van der Waals surface area contributed by atoms with Crippen LogP contribution in [0.1, 0.15) is 70.6 Å². The zero-order valence-electron chi connectivity index (χ0n) is 13.4. The van der Waals surface area contributed by atoms with Gasteiger partial charge in [0.1, 0.15) is 0 Å². The summed E-state index contributed by atoms with van der Waals surface area (Å²) in [4.78, 5) is 2.56. The molecular weight excluding hydrogens is 232 g/mol. The largest absolute Gasteiger partial charge is 0.315 e. The number of hydrogen-bond acceptors (Lipinski definition) is 2. The van der Waals surface area contributed by atoms with Crippen molar-refractivity contribution in [1.29, 1.82) is 0 Å². The molecule has 1 unspecified atom stereocenters. The topological polar surface area (TPSA) is 15.3 Å². The normalized spacial score (nSPS) is 27.2. The van der Waals surface area contributed by atoms with E-state index in [4.69, 9.17) is 0 Å². The molecule has 0 aromatic heterocycles. The predicted molar refractivity (Wildman–Crippen MR) is 83.5 cm³/mol. The Kier molecular flexibility index (Phi) is 5.70. The summed E-state index contributed by atoms with van der Waals surface area (Å²) in [6, 6.07) is 0.695. The lowest BCUT2D eigenvalue weighted by Gasteiger charge is -2.49. The molecule has 2 saturated carbocycles. The maximum absolute atomic E-state index is 3.75. The molecule has 0 aliphatic heterocycles. The van der Waals surface area contributed by atoms with Crippen molar-refractivity contribution in [3.8, 4) is 0 Å². The molecule has 0 saturated heterocycles. The molecule has 1 N–H and O–H groups in total. The monoisotopic (exact) mass is 266 g/mol. The van der Waals surface area contributed by atoms with Gasteiger partial charge in [-0.3, -0.25) is 0 Å². The van der Waals surface area contributed by atoms with Crippen molar-refractivity contribution < 1.29 is 0 Å². The second-order valence-corrected chi connectivity index (χ2v) is 7.08. The Morgan fingerprint density at radius 2 is 1.42 bits per heavy atom. The van der Waals surface area contributed by atoms with E-state index in [2.05, 4.69) is 31.4 Å². The molecule has 19 heavy (non-hydrogen) atoms.